The highest BCUT2D eigenvalue weighted by Crippen LogP contribution is 2.16. The van der Waals surface area contributed by atoms with Crippen molar-refractivity contribution in [3.8, 4) is 0 Å². The van der Waals surface area contributed by atoms with Gasteiger partial charge in [0.2, 0.25) is 5.91 Å². The van der Waals surface area contributed by atoms with Gasteiger partial charge in [-0.25, -0.2) is 4.79 Å². The normalized spacial score (nSPS) is 20.9. The molecular weight excluding hydrogens is 226 g/mol. The molecule has 1 aliphatic heterocycles. The Morgan fingerprint density at radius 1 is 1.59 bits per heavy atom. The Hall–Kier alpha value is -1.14. The third-order valence-electron chi connectivity index (χ3n) is 2.68. The molecule has 0 saturated carbocycles. The molecule has 0 radical (unpaired) electrons. The standard InChI is InChI=1S/C11H19NO5/c1-16-11(15)9(13)7-12-10(14)5-4-8-3-2-6-17-8/h8-9,13H,2-7H2,1H3,(H,12,14). The van der Waals surface area contributed by atoms with E-state index in [-0.39, 0.29) is 18.6 Å². The summed E-state index contributed by atoms with van der Waals surface area (Å²) in [5, 5.41) is 11.7. The molecule has 2 unspecified atom stereocenters. The summed E-state index contributed by atoms with van der Waals surface area (Å²) in [6.07, 6.45) is 1.95. The van der Waals surface area contributed by atoms with Crippen molar-refractivity contribution in [2.45, 2.75) is 37.9 Å². The summed E-state index contributed by atoms with van der Waals surface area (Å²) in [4.78, 5) is 22.2. The first-order valence-electron chi connectivity index (χ1n) is 5.77. The van der Waals surface area contributed by atoms with Gasteiger partial charge in [0.15, 0.2) is 6.10 Å². The van der Waals surface area contributed by atoms with Gasteiger partial charge in [-0.15, -0.1) is 0 Å². The Labute approximate surface area is 100 Å². The Bertz CT molecular complexity index is 263. The first-order valence-corrected chi connectivity index (χ1v) is 5.77. The van der Waals surface area contributed by atoms with Crippen molar-refractivity contribution in [3.05, 3.63) is 0 Å². The van der Waals surface area contributed by atoms with E-state index < -0.39 is 12.1 Å². The summed E-state index contributed by atoms with van der Waals surface area (Å²) < 4.78 is 9.71. The Kier molecular flexibility index (Phi) is 5.93. The number of carbonyl (C=O) groups is 2. The molecule has 0 aliphatic carbocycles. The highest BCUT2D eigenvalue weighted by Gasteiger charge is 2.18. The molecule has 6 nitrogen and oxygen atoms in total. The second kappa shape index (κ2) is 7.24. The Balaban J connectivity index is 2.10. The van der Waals surface area contributed by atoms with Crippen molar-refractivity contribution in [1.29, 1.82) is 0 Å². The lowest BCUT2D eigenvalue weighted by atomic mass is 10.1. The lowest BCUT2D eigenvalue weighted by Crippen LogP contribution is -2.37. The number of methoxy groups -OCH3 is 1. The summed E-state index contributed by atoms with van der Waals surface area (Å²) in [7, 11) is 1.19. The molecule has 17 heavy (non-hydrogen) atoms. The van der Waals surface area contributed by atoms with Crippen LogP contribution in [0.5, 0.6) is 0 Å². The van der Waals surface area contributed by atoms with Crippen LogP contribution in [0, 0.1) is 0 Å². The molecular formula is C11H19NO5. The Morgan fingerprint density at radius 2 is 2.35 bits per heavy atom. The summed E-state index contributed by atoms with van der Waals surface area (Å²) >= 11 is 0. The third-order valence-corrected chi connectivity index (χ3v) is 2.68. The van der Waals surface area contributed by atoms with Crippen molar-refractivity contribution in [1.82, 2.24) is 5.32 Å². The van der Waals surface area contributed by atoms with Gasteiger partial charge in [-0.05, 0) is 19.3 Å². The van der Waals surface area contributed by atoms with Crippen LogP contribution < -0.4 is 5.32 Å². The molecule has 1 saturated heterocycles. The van der Waals surface area contributed by atoms with Crippen LogP contribution in [-0.4, -0.2) is 49.5 Å². The molecule has 0 aromatic rings. The van der Waals surface area contributed by atoms with E-state index in [4.69, 9.17) is 4.74 Å². The highest BCUT2D eigenvalue weighted by molar-refractivity contribution is 5.78. The number of esters is 1. The Morgan fingerprint density at radius 3 is 2.94 bits per heavy atom. The number of hydrogen-bond acceptors (Lipinski definition) is 5. The molecule has 0 aromatic carbocycles. The van der Waals surface area contributed by atoms with Crippen molar-refractivity contribution in [2.24, 2.45) is 0 Å². The zero-order chi connectivity index (χ0) is 12.7. The van der Waals surface area contributed by atoms with E-state index in [1.165, 1.54) is 7.11 Å². The second-order valence-electron chi connectivity index (χ2n) is 4.02. The molecule has 2 atom stereocenters. The molecule has 2 N–H and O–H groups in total. The van der Waals surface area contributed by atoms with E-state index in [1.807, 2.05) is 0 Å². The number of aliphatic hydroxyl groups excluding tert-OH is 1. The maximum Gasteiger partial charge on any atom is 0.336 e. The molecule has 1 heterocycles. The minimum absolute atomic E-state index is 0.114. The van der Waals surface area contributed by atoms with E-state index in [2.05, 4.69) is 10.1 Å². The predicted molar refractivity (Wildman–Crippen MR) is 59.2 cm³/mol. The molecule has 0 aromatic heterocycles. The van der Waals surface area contributed by atoms with Crippen LogP contribution in [-0.2, 0) is 19.1 Å². The minimum Gasteiger partial charge on any atom is -0.467 e. The fraction of sp³-hybridized carbons (Fsp3) is 0.818. The maximum absolute atomic E-state index is 11.4. The van der Waals surface area contributed by atoms with Gasteiger partial charge >= 0.3 is 5.97 Å². The lowest BCUT2D eigenvalue weighted by Gasteiger charge is -2.11. The average Bonchev–Trinajstić information content (AvgIpc) is 2.85. The molecule has 98 valence electrons. The fourth-order valence-electron chi connectivity index (χ4n) is 1.68. The van der Waals surface area contributed by atoms with Crippen LogP contribution in [0.15, 0.2) is 0 Å². The number of hydrogen-bond donors (Lipinski definition) is 2. The van der Waals surface area contributed by atoms with E-state index in [0.29, 0.717) is 12.8 Å². The molecule has 1 amide bonds. The lowest BCUT2D eigenvalue weighted by molar-refractivity contribution is -0.150. The van der Waals surface area contributed by atoms with Crippen molar-refractivity contribution in [3.63, 3.8) is 0 Å². The maximum atomic E-state index is 11.4. The fourth-order valence-corrected chi connectivity index (χ4v) is 1.68. The number of rotatable bonds is 6. The SMILES string of the molecule is COC(=O)C(O)CNC(=O)CCC1CCCO1. The van der Waals surface area contributed by atoms with Gasteiger partial charge in [0.05, 0.1) is 19.8 Å². The largest absolute Gasteiger partial charge is 0.467 e. The van der Waals surface area contributed by atoms with Gasteiger partial charge in [0.25, 0.3) is 0 Å². The van der Waals surface area contributed by atoms with Crippen molar-refractivity contribution < 1.29 is 24.2 Å². The number of aliphatic hydroxyl groups is 1. The van der Waals surface area contributed by atoms with E-state index in [0.717, 1.165) is 19.4 Å². The number of carbonyl (C=O) groups excluding carboxylic acids is 2. The predicted octanol–water partition coefficient (Wildman–Crippen LogP) is -0.404. The molecule has 1 fully saturated rings. The topological polar surface area (TPSA) is 84.9 Å². The van der Waals surface area contributed by atoms with Gasteiger partial charge in [0.1, 0.15) is 0 Å². The quantitative estimate of drug-likeness (QED) is 0.622. The number of amides is 1. The highest BCUT2D eigenvalue weighted by atomic mass is 16.5. The van der Waals surface area contributed by atoms with Crippen LogP contribution in [0.1, 0.15) is 25.7 Å². The molecule has 1 rings (SSSR count). The number of ether oxygens (including phenoxy) is 2. The van der Waals surface area contributed by atoms with Gasteiger partial charge in [0, 0.05) is 13.0 Å². The smallest absolute Gasteiger partial charge is 0.336 e. The molecule has 0 bridgehead atoms. The van der Waals surface area contributed by atoms with Crippen LogP contribution >= 0.6 is 0 Å². The summed E-state index contributed by atoms with van der Waals surface area (Å²) in [6, 6.07) is 0. The van der Waals surface area contributed by atoms with Gasteiger partial charge < -0.3 is 19.9 Å². The minimum atomic E-state index is -1.30. The van der Waals surface area contributed by atoms with E-state index in [9.17, 15) is 14.7 Å². The number of nitrogens with one attached hydrogen (secondary N) is 1. The van der Waals surface area contributed by atoms with Crippen molar-refractivity contribution >= 4 is 11.9 Å². The first-order chi connectivity index (χ1) is 8.13. The van der Waals surface area contributed by atoms with Crippen LogP contribution in [0.25, 0.3) is 0 Å². The third kappa shape index (κ3) is 5.14. The van der Waals surface area contributed by atoms with Crippen LogP contribution in [0.3, 0.4) is 0 Å². The van der Waals surface area contributed by atoms with E-state index in [1.54, 1.807) is 0 Å². The zero-order valence-corrected chi connectivity index (χ0v) is 9.98. The van der Waals surface area contributed by atoms with Crippen LogP contribution in [0.2, 0.25) is 0 Å². The summed E-state index contributed by atoms with van der Waals surface area (Å²) in [5.74, 6) is -0.937. The second-order valence-corrected chi connectivity index (χ2v) is 4.02. The molecule has 1 aliphatic rings. The first kappa shape index (κ1) is 13.9. The zero-order valence-electron chi connectivity index (χ0n) is 9.98. The summed E-state index contributed by atoms with van der Waals surface area (Å²) in [5.41, 5.74) is 0. The van der Waals surface area contributed by atoms with E-state index >= 15 is 0 Å². The van der Waals surface area contributed by atoms with Crippen molar-refractivity contribution in [2.75, 3.05) is 20.3 Å². The molecule has 0 spiro atoms. The summed E-state index contributed by atoms with van der Waals surface area (Å²) in [6.45, 7) is 0.657. The van der Waals surface area contributed by atoms with Crippen LogP contribution in [0.4, 0.5) is 0 Å². The average molecular weight is 245 g/mol. The monoisotopic (exact) mass is 245 g/mol. The molecule has 6 heteroatoms. The van der Waals surface area contributed by atoms with Gasteiger partial charge in [-0.1, -0.05) is 0 Å². The van der Waals surface area contributed by atoms with Gasteiger partial charge in [-0.3, -0.25) is 4.79 Å². The van der Waals surface area contributed by atoms with Gasteiger partial charge in [-0.2, -0.15) is 0 Å².